The van der Waals surface area contributed by atoms with Crippen LogP contribution in [0, 0.1) is 0 Å². The third kappa shape index (κ3) is 2.65. The first-order chi connectivity index (χ1) is 9.88. The number of nitrogens with zero attached hydrogens (tertiary/aromatic N) is 1. The largest absolute Gasteiger partial charge is 0.392 e. The van der Waals surface area contributed by atoms with Crippen LogP contribution in [0.4, 0.5) is 0 Å². The van der Waals surface area contributed by atoms with Crippen LogP contribution in [-0.4, -0.2) is 18.1 Å². The molecule has 4 heteroatoms. The minimum Gasteiger partial charge on any atom is -0.392 e. The summed E-state index contributed by atoms with van der Waals surface area (Å²) in [6.07, 6.45) is 3.00. The summed E-state index contributed by atoms with van der Waals surface area (Å²) in [4.78, 5) is 17.1. The van der Waals surface area contributed by atoms with Crippen LogP contribution >= 0.6 is 11.3 Å². The Kier molecular flexibility index (Phi) is 3.92. The third-order valence-electron chi connectivity index (χ3n) is 3.36. The van der Waals surface area contributed by atoms with Gasteiger partial charge in [-0.05, 0) is 17.9 Å². The fraction of sp³-hybridized carbons (Fsp3) is 0.250. The summed E-state index contributed by atoms with van der Waals surface area (Å²) in [7, 11) is 0. The molecule has 1 atom stereocenters. The number of carbonyl (C=O) groups excluding carboxylic acids is 1. The smallest absolute Gasteiger partial charge is 0.133 e. The van der Waals surface area contributed by atoms with Gasteiger partial charge in [0.05, 0.1) is 5.71 Å². The van der Waals surface area contributed by atoms with Crippen LogP contribution < -0.4 is 0 Å². The highest BCUT2D eigenvalue weighted by molar-refractivity contribution is 7.13. The van der Waals surface area contributed by atoms with Crippen molar-refractivity contribution in [3.05, 3.63) is 47.3 Å². The Morgan fingerprint density at radius 3 is 2.85 bits per heavy atom. The molecule has 20 heavy (non-hydrogen) atoms. The summed E-state index contributed by atoms with van der Waals surface area (Å²) in [6.45, 7) is 0. The van der Waals surface area contributed by atoms with Gasteiger partial charge in [-0.1, -0.05) is 35.5 Å². The lowest BCUT2D eigenvalue weighted by Gasteiger charge is -2.07. The van der Waals surface area contributed by atoms with Crippen LogP contribution in [0.3, 0.4) is 0 Å². The number of carbonyl (C=O) groups is 1. The molecule has 0 aliphatic carbocycles. The Bertz CT molecular complexity index is 619. The Labute approximate surface area is 121 Å². The summed E-state index contributed by atoms with van der Waals surface area (Å²) in [6, 6.07) is 12.4. The van der Waals surface area contributed by atoms with Gasteiger partial charge >= 0.3 is 0 Å². The summed E-state index contributed by atoms with van der Waals surface area (Å²) >= 11 is 1.72. The highest BCUT2D eigenvalue weighted by Gasteiger charge is 2.23. The molecular weight excluding hydrogens is 270 g/mol. The highest BCUT2D eigenvalue weighted by Crippen LogP contribution is 2.31. The zero-order valence-corrected chi connectivity index (χ0v) is 11.8. The minimum atomic E-state index is 0.0339. The lowest BCUT2D eigenvalue weighted by molar-refractivity contribution is -0.108. The zero-order chi connectivity index (χ0) is 13.8. The van der Waals surface area contributed by atoms with Gasteiger partial charge in [0.2, 0.25) is 0 Å². The number of rotatable bonds is 5. The predicted octanol–water partition coefficient (Wildman–Crippen LogP) is 3.89. The lowest BCUT2D eigenvalue weighted by Crippen LogP contribution is -2.09. The van der Waals surface area contributed by atoms with Crippen molar-refractivity contribution in [1.82, 2.24) is 0 Å². The van der Waals surface area contributed by atoms with Crippen molar-refractivity contribution in [2.75, 3.05) is 0 Å². The molecule has 0 amide bonds. The number of thiophene rings is 1. The van der Waals surface area contributed by atoms with Gasteiger partial charge in [0.1, 0.15) is 12.4 Å². The van der Waals surface area contributed by atoms with Crippen molar-refractivity contribution in [3.8, 4) is 10.4 Å². The van der Waals surface area contributed by atoms with Crippen molar-refractivity contribution < 1.29 is 9.63 Å². The number of hydrogen-bond donors (Lipinski definition) is 0. The lowest BCUT2D eigenvalue weighted by atomic mass is 9.97. The van der Waals surface area contributed by atoms with Gasteiger partial charge in [-0.2, -0.15) is 0 Å². The summed E-state index contributed by atoms with van der Waals surface area (Å²) in [5.41, 5.74) is 3.30. The van der Waals surface area contributed by atoms with Crippen molar-refractivity contribution in [2.24, 2.45) is 5.16 Å². The molecule has 0 bridgehead atoms. The van der Waals surface area contributed by atoms with Crippen LogP contribution in [0.15, 0.2) is 46.9 Å². The fourth-order valence-electron chi connectivity index (χ4n) is 2.38. The molecule has 2 heterocycles. The van der Waals surface area contributed by atoms with Gasteiger partial charge in [-0.3, -0.25) is 0 Å². The molecule has 0 spiro atoms. The van der Waals surface area contributed by atoms with E-state index in [-0.39, 0.29) is 6.10 Å². The molecule has 2 aromatic rings. The molecule has 1 aliphatic heterocycles. The van der Waals surface area contributed by atoms with E-state index in [1.54, 1.807) is 11.3 Å². The van der Waals surface area contributed by atoms with Crippen molar-refractivity contribution in [3.63, 3.8) is 0 Å². The van der Waals surface area contributed by atoms with Crippen LogP contribution in [0.5, 0.6) is 0 Å². The molecule has 1 aromatic carbocycles. The minimum absolute atomic E-state index is 0.0339. The SMILES string of the molecule is O=CCCC1CC(c2ccccc2-c2cccs2)=NO1. The molecule has 1 unspecified atom stereocenters. The second-order valence-electron chi connectivity index (χ2n) is 4.74. The maximum atomic E-state index is 10.4. The summed E-state index contributed by atoms with van der Waals surface area (Å²) in [5, 5.41) is 6.29. The average Bonchev–Trinajstić information content (AvgIpc) is 3.16. The summed E-state index contributed by atoms with van der Waals surface area (Å²) < 4.78 is 0. The van der Waals surface area contributed by atoms with E-state index in [1.807, 2.05) is 12.1 Å². The molecule has 1 aromatic heterocycles. The Hall–Kier alpha value is -1.94. The monoisotopic (exact) mass is 285 g/mol. The quantitative estimate of drug-likeness (QED) is 0.782. The third-order valence-corrected chi connectivity index (χ3v) is 4.27. The van der Waals surface area contributed by atoms with E-state index in [9.17, 15) is 4.79 Å². The molecule has 0 fully saturated rings. The van der Waals surface area contributed by atoms with Crippen LogP contribution in [0.1, 0.15) is 24.8 Å². The standard InChI is InChI=1S/C16H15NO2S/c18-9-3-5-12-11-15(17-19-12)13-6-1-2-7-14(13)16-8-4-10-20-16/h1-2,4,6-10,12H,3,5,11H2. The zero-order valence-electron chi connectivity index (χ0n) is 11.0. The Morgan fingerprint density at radius 1 is 1.25 bits per heavy atom. The van der Waals surface area contributed by atoms with Gasteiger partial charge in [0.15, 0.2) is 0 Å². The maximum absolute atomic E-state index is 10.4. The number of hydrogen-bond acceptors (Lipinski definition) is 4. The van der Waals surface area contributed by atoms with Crippen LogP contribution in [-0.2, 0) is 9.63 Å². The Morgan fingerprint density at radius 2 is 2.10 bits per heavy atom. The van der Waals surface area contributed by atoms with E-state index >= 15 is 0 Å². The van der Waals surface area contributed by atoms with E-state index in [1.165, 1.54) is 10.4 Å². The van der Waals surface area contributed by atoms with E-state index in [4.69, 9.17) is 4.84 Å². The molecule has 0 N–H and O–H groups in total. The van der Waals surface area contributed by atoms with E-state index in [0.29, 0.717) is 6.42 Å². The molecule has 0 saturated carbocycles. The molecule has 0 radical (unpaired) electrons. The van der Waals surface area contributed by atoms with Gasteiger partial charge in [0.25, 0.3) is 0 Å². The van der Waals surface area contributed by atoms with Crippen molar-refractivity contribution >= 4 is 23.3 Å². The van der Waals surface area contributed by atoms with Gasteiger partial charge in [0, 0.05) is 28.8 Å². The van der Waals surface area contributed by atoms with E-state index in [2.05, 4.69) is 34.8 Å². The fourth-order valence-corrected chi connectivity index (χ4v) is 3.14. The molecule has 1 aliphatic rings. The second kappa shape index (κ2) is 6.01. The Balaban J connectivity index is 1.83. The molecule has 3 nitrogen and oxygen atoms in total. The maximum Gasteiger partial charge on any atom is 0.133 e. The molecule has 0 saturated heterocycles. The number of oxime groups is 1. The highest BCUT2D eigenvalue weighted by atomic mass is 32.1. The first-order valence-corrected chi connectivity index (χ1v) is 7.56. The summed E-state index contributed by atoms with van der Waals surface area (Å²) in [5.74, 6) is 0. The topological polar surface area (TPSA) is 38.7 Å². The number of aldehydes is 1. The van der Waals surface area contributed by atoms with Crippen molar-refractivity contribution in [1.29, 1.82) is 0 Å². The molecular formula is C16H15NO2S. The molecule has 102 valence electrons. The van der Waals surface area contributed by atoms with E-state index < -0.39 is 0 Å². The average molecular weight is 285 g/mol. The van der Waals surface area contributed by atoms with Gasteiger partial charge < -0.3 is 9.63 Å². The first kappa shape index (κ1) is 13.1. The van der Waals surface area contributed by atoms with Crippen molar-refractivity contribution in [2.45, 2.75) is 25.4 Å². The van der Waals surface area contributed by atoms with Gasteiger partial charge in [-0.25, -0.2) is 0 Å². The van der Waals surface area contributed by atoms with Crippen LogP contribution in [0.2, 0.25) is 0 Å². The normalized spacial score (nSPS) is 17.6. The molecule has 3 rings (SSSR count). The second-order valence-corrected chi connectivity index (χ2v) is 5.68. The van der Waals surface area contributed by atoms with Gasteiger partial charge in [-0.15, -0.1) is 11.3 Å². The van der Waals surface area contributed by atoms with E-state index in [0.717, 1.165) is 30.4 Å². The predicted molar refractivity (Wildman–Crippen MR) is 81.1 cm³/mol. The van der Waals surface area contributed by atoms with Crippen LogP contribution in [0.25, 0.3) is 10.4 Å². The first-order valence-electron chi connectivity index (χ1n) is 6.68. The number of benzene rings is 1.